The molecule has 17 nitrogen and oxygen atoms in total. The Bertz CT molecular complexity index is 3760. The van der Waals surface area contributed by atoms with Crippen molar-refractivity contribution in [3.05, 3.63) is 185 Å². The Morgan fingerprint density at radius 2 is 1.38 bits per heavy atom. The Balaban J connectivity index is 0.758. The lowest BCUT2D eigenvalue weighted by Gasteiger charge is -2.35. The number of alkyl halides is 3. The molecule has 4 aromatic heterocycles. The molecule has 1 saturated heterocycles. The van der Waals surface area contributed by atoms with Crippen LogP contribution in [0.2, 0.25) is 0 Å². The summed E-state index contributed by atoms with van der Waals surface area (Å²) in [6.45, 7) is 11.7. The molecule has 1 aliphatic heterocycles. The summed E-state index contributed by atoms with van der Waals surface area (Å²) >= 11 is 2.69. The average molecular weight is 1200 g/mol. The highest BCUT2D eigenvalue weighted by Crippen LogP contribution is 2.35. The van der Waals surface area contributed by atoms with Crippen molar-refractivity contribution >= 4 is 46.3 Å². The summed E-state index contributed by atoms with van der Waals surface area (Å²) in [5.74, 6) is -2.25. The summed E-state index contributed by atoms with van der Waals surface area (Å²) in [5, 5.41) is 27.7. The maximum absolute atomic E-state index is 14.6. The van der Waals surface area contributed by atoms with Crippen LogP contribution >= 0.6 is 22.7 Å². The van der Waals surface area contributed by atoms with E-state index >= 15 is 0 Å². The molecular formula is C63H69F3N10O7S2. The lowest BCUT2D eigenvalue weighted by Crippen LogP contribution is -2.57. The molecule has 85 heavy (non-hydrogen) atoms. The van der Waals surface area contributed by atoms with Crippen LogP contribution in [-0.4, -0.2) is 94.4 Å². The molecule has 22 heteroatoms. The summed E-state index contributed by atoms with van der Waals surface area (Å²) in [5.41, 5.74) is 6.26. The first-order valence-corrected chi connectivity index (χ1v) is 30.1. The first-order valence-electron chi connectivity index (χ1n) is 28.3. The van der Waals surface area contributed by atoms with E-state index in [0.29, 0.717) is 58.0 Å². The van der Waals surface area contributed by atoms with Gasteiger partial charge in [0, 0.05) is 66.3 Å². The van der Waals surface area contributed by atoms with Crippen molar-refractivity contribution < 1.29 is 37.5 Å². The second-order valence-corrected chi connectivity index (χ2v) is 24.3. The topological polar surface area (TPSA) is 229 Å². The summed E-state index contributed by atoms with van der Waals surface area (Å²) in [7, 11) is 0. The lowest BCUT2D eigenvalue weighted by atomic mass is 9.85. The van der Waals surface area contributed by atoms with Crippen molar-refractivity contribution in [3.8, 4) is 32.5 Å². The first-order chi connectivity index (χ1) is 40.6. The maximum atomic E-state index is 14.6. The fourth-order valence-corrected chi connectivity index (χ4v) is 12.4. The third-order valence-electron chi connectivity index (χ3n) is 15.4. The van der Waals surface area contributed by atoms with Crippen molar-refractivity contribution in [1.29, 1.82) is 0 Å². The molecule has 0 aliphatic carbocycles. The molecule has 8 aromatic rings. The number of amides is 4. The van der Waals surface area contributed by atoms with Gasteiger partial charge < -0.3 is 26.0 Å². The second-order valence-electron chi connectivity index (χ2n) is 22.6. The van der Waals surface area contributed by atoms with Gasteiger partial charge >= 0.3 is 6.18 Å². The van der Waals surface area contributed by atoms with Gasteiger partial charge in [-0.2, -0.15) is 17.9 Å². The van der Waals surface area contributed by atoms with Gasteiger partial charge in [-0.05, 0) is 92.1 Å². The van der Waals surface area contributed by atoms with Crippen LogP contribution in [0.4, 0.5) is 13.2 Å². The highest BCUT2D eigenvalue weighted by Gasteiger charge is 2.44. The Morgan fingerprint density at radius 3 is 2.01 bits per heavy atom. The number of likely N-dealkylation sites (tertiary alicyclic amines) is 1. The zero-order valence-electron chi connectivity index (χ0n) is 48.1. The van der Waals surface area contributed by atoms with Crippen molar-refractivity contribution in [2.45, 2.75) is 130 Å². The zero-order chi connectivity index (χ0) is 60.7. The molecule has 1 aliphatic rings. The molecule has 0 radical (unpaired) electrons. The van der Waals surface area contributed by atoms with Crippen LogP contribution in [0.3, 0.4) is 0 Å². The van der Waals surface area contributed by atoms with Gasteiger partial charge in [-0.25, -0.2) is 14.6 Å². The number of nitrogens with zero attached hydrogens (tertiary/aromatic N) is 5. The molecule has 0 saturated carbocycles. The first kappa shape index (κ1) is 61.4. The summed E-state index contributed by atoms with van der Waals surface area (Å²) in [6.07, 6.45) is -0.381. The predicted molar refractivity (Wildman–Crippen MR) is 322 cm³/mol. The number of aromatic amines is 2. The number of aromatic nitrogens is 6. The predicted octanol–water partition coefficient (Wildman–Crippen LogP) is 10.3. The monoisotopic (exact) mass is 1200 g/mol. The van der Waals surface area contributed by atoms with E-state index in [2.05, 4.69) is 36.1 Å². The quantitative estimate of drug-likeness (QED) is 0.0354. The SMILES string of the molecule is Cc1ncsc1-c1ccc(CNC(=O)[C@@H]2C[C@@H](O)CN2C(=O)[C@@H](NC(=O)CCCCCCCCNC(=O)c2ccc(C(c3c(C)[nH]n(-c4ccccc4)c3=O)c3c(C)[nH]n(-c4nc(-c5ccc(C(F)(F)F)cc5)cs4)c3=O)cc2)C(C)(C)C)cc1. The van der Waals surface area contributed by atoms with E-state index in [4.69, 9.17) is 0 Å². The number of unbranched alkanes of at least 4 members (excludes halogenated alkanes) is 5. The van der Waals surface area contributed by atoms with E-state index in [1.807, 2.05) is 58.0 Å². The number of thiazole rings is 2. The van der Waals surface area contributed by atoms with Gasteiger partial charge in [-0.15, -0.1) is 22.7 Å². The van der Waals surface area contributed by atoms with Gasteiger partial charge in [0.2, 0.25) is 22.9 Å². The molecule has 446 valence electrons. The van der Waals surface area contributed by atoms with Crippen molar-refractivity contribution in [1.82, 2.24) is 50.4 Å². The normalized spacial score (nSPS) is 15.2. The Kier molecular flexibility index (Phi) is 19.0. The number of H-pyrrole nitrogens is 2. The molecular weight excluding hydrogens is 1130 g/mol. The van der Waals surface area contributed by atoms with E-state index < -0.39 is 52.7 Å². The third-order valence-corrected chi connectivity index (χ3v) is 17.2. The molecule has 0 spiro atoms. The minimum absolute atomic E-state index is 0.0149. The van der Waals surface area contributed by atoms with Crippen LogP contribution < -0.4 is 27.1 Å². The molecule has 1 unspecified atom stereocenters. The van der Waals surface area contributed by atoms with E-state index in [9.17, 15) is 47.0 Å². The van der Waals surface area contributed by atoms with E-state index in [1.54, 1.807) is 84.6 Å². The number of β-amino-alcohol motifs (C(OH)–C–C–N with tert-alkyl or cyclic N) is 1. The van der Waals surface area contributed by atoms with Crippen LogP contribution in [0.5, 0.6) is 0 Å². The molecule has 4 amide bonds. The number of halogens is 3. The summed E-state index contributed by atoms with van der Waals surface area (Å²) < 4.78 is 42.5. The highest BCUT2D eigenvalue weighted by atomic mass is 32.1. The van der Waals surface area contributed by atoms with Crippen LogP contribution in [0.25, 0.3) is 32.5 Å². The van der Waals surface area contributed by atoms with Gasteiger partial charge in [-0.3, -0.25) is 39.0 Å². The molecule has 9 rings (SSSR count). The van der Waals surface area contributed by atoms with Gasteiger partial charge in [0.25, 0.3) is 17.0 Å². The van der Waals surface area contributed by atoms with Gasteiger partial charge in [0.05, 0.1) is 50.3 Å². The zero-order valence-corrected chi connectivity index (χ0v) is 49.8. The highest BCUT2D eigenvalue weighted by molar-refractivity contribution is 7.13. The van der Waals surface area contributed by atoms with Crippen molar-refractivity contribution in [2.24, 2.45) is 5.41 Å². The number of para-hydroxylation sites is 1. The number of carbonyl (C=O) groups excluding carboxylic acids is 4. The third kappa shape index (κ3) is 14.3. The van der Waals surface area contributed by atoms with Gasteiger partial charge in [-0.1, -0.05) is 113 Å². The second kappa shape index (κ2) is 26.4. The van der Waals surface area contributed by atoms with Gasteiger partial charge in [0.15, 0.2) is 0 Å². The number of rotatable bonds is 22. The van der Waals surface area contributed by atoms with E-state index in [1.165, 1.54) is 26.4 Å². The number of nitrogens with one attached hydrogen (secondary N) is 5. The molecule has 1 fully saturated rings. The fraction of sp³-hybridized carbons (Fsp3) is 0.365. The standard InChI is InChI=1S/C63H69F3N10O7S2/c1-37-51(58(81)75(72-37)46-16-12-11-13-17-46)53(52-38(2)73-76(59(52)82)61-70-48(35-84-61)41-27-29-45(30-28-41)63(64,65)66)42-23-25-44(26-24-42)56(79)67-31-15-10-8-7-9-14-18-50(78)71-55(62(4,5)6)60(83)74-34-47(77)32-49(74)57(80)68-33-40-19-21-43(22-20-40)54-39(3)69-36-85-54/h11-13,16-17,19-30,35-36,47,49,53,55,72-73,77H,7-10,14-15,18,31-34H2,1-6H3,(H,67,79)(H,68,80)(H,71,78)/t47-,49+,53?,55-/m1/s1. The van der Waals surface area contributed by atoms with Crippen molar-refractivity contribution in [3.63, 3.8) is 0 Å². The number of benzene rings is 4. The lowest BCUT2D eigenvalue weighted by molar-refractivity contribution is -0.144. The Morgan fingerprint density at radius 1 is 0.753 bits per heavy atom. The Hall–Kier alpha value is -8.21. The van der Waals surface area contributed by atoms with E-state index in [-0.39, 0.29) is 59.9 Å². The molecule has 4 aromatic carbocycles. The molecule has 0 bridgehead atoms. The summed E-state index contributed by atoms with van der Waals surface area (Å²) in [6, 6.07) is 26.4. The molecule has 4 atom stereocenters. The van der Waals surface area contributed by atoms with E-state index in [0.717, 1.165) is 77.3 Å². The van der Waals surface area contributed by atoms with Crippen molar-refractivity contribution in [2.75, 3.05) is 13.1 Å². The van der Waals surface area contributed by atoms with Crippen LogP contribution in [-0.2, 0) is 27.1 Å². The maximum Gasteiger partial charge on any atom is 0.416 e. The minimum Gasteiger partial charge on any atom is -0.391 e. The smallest absolute Gasteiger partial charge is 0.391 e. The average Bonchev–Trinajstić information content (AvgIpc) is 1.80. The molecule has 6 N–H and O–H groups in total. The number of hydrogen-bond acceptors (Lipinski definition) is 11. The molecule has 5 heterocycles. The number of carbonyl (C=O) groups is 4. The largest absolute Gasteiger partial charge is 0.416 e. The van der Waals surface area contributed by atoms with Crippen LogP contribution in [0, 0.1) is 26.2 Å². The van der Waals surface area contributed by atoms with Crippen LogP contribution in [0.1, 0.15) is 133 Å². The minimum atomic E-state index is -4.50. The number of aliphatic hydroxyl groups excluding tert-OH is 1. The Labute approximate surface area is 497 Å². The number of hydrogen-bond donors (Lipinski definition) is 6. The fourth-order valence-electron chi connectivity index (χ4n) is 10.8. The van der Waals surface area contributed by atoms with Crippen LogP contribution in [0.15, 0.2) is 124 Å². The number of aliphatic hydroxyl groups is 1. The summed E-state index contributed by atoms with van der Waals surface area (Å²) in [4.78, 5) is 94.9. The number of aryl methyl sites for hydroxylation is 3. The van der Waals surface area contributed by atoms with Gasteiger partial charge in [0.1, 0.15) is 12.1 Å².